The van der Waals surface area contributed by atoms with E-state index in [1.165, 1.54) is 18.7 Å². The molecule has 1 aromatic heterocycles. The fourth-order valence-corrected chi connectivity index (χ4v) is 2.61. The van der Waals surface area contributed by atoms with Gasteiger partial charge in [-0.2, -0.15) is 15.2 Å². The van der Waals surface area contributed by atoms with E-state index in [0.717, 1.165) is 0 Å². The zero-order valence-corrected chi connectivity index (χ0v) is 12.6. The Morgan fingerprint density at radius 2 is 2.10 bits per heavy atom. The SMILES string of the molecule is CC1=NN(C(=O)c2c(Br)c(C)nn2C)[C@](O)(C(F)F)C1. The van der Waals surface area contributed by atoms with Crippen LogP contribution in [0.4, 0.5) is 8.78 Å². The third-order valence-corrected chi connectivity index (χ3v) is 4.00. The molecule has 9 heteroatoms. The van der Waals surface area contributed by atoms with Crippen molar-refractivity contribution < 1.29 is 18.7 Å². The van der Waals surface area contributed by atoms with Gasteiger partial charge in [-0.1, -0.05) is 0 Å². The summed E-state index contributed by atoms with van der Waals surface area (Å²) in [5.41, 5.74) is -1.76. The maximum absolute atomic E-state index is 13.1. The molecule has 1 aliphatic heterocycles. The predicted molar refractivity (Wildman–Crippen MR) is 70.5 cm³/mol. The van der Waals surface area contributed by atoms with Crippen LogP contribution in [0.1, 0.15) is 29.5 Å². The maximum Gasteiger partial charge on any atom is 0.296 e. The van der Waals surface area contributed by atoms with E-state index in [0.29, 0.717) is 15.2 Å². The van der Waals surface area contributed by atoms with Crippen molar-refractivity contribution in [1.82, 2.24) is 14.8 Å². The van der Waals surface area contributed by atoms with Crippen molar-refractivity contribution in [2.45, 2.75) is 32.4 Å². The molecule has 0 saturated carbocycles. The van der Waals surface area contributed by atoms with Crippen LogP contribution in [0.2, 0.25) is 0 Å². The Morgan fingerprint density at radius 1 is 1.50 bits per heavy atom. The van der Waals surface area contributed by atoms with E-state index in [1.54, 1.807) is 6.92 Å². The minimum absolute atomic E-state index is 0.0556. The Balaban J connectivity index is 2.47. The molecule has 1 amide bonds. The largest absolute Gasteiger partial charge is 0.364 e. The molecule has 0 aromatic carbocycles. The lowest BCUT2D eigenvalue weighted by Gasteiger charge is -2.29. The van der Waals surface area contributed by atoms with Crippen molar-refractivity contribution in [1.29, 1.82) is 0 Å². The van der Waals surface area contributed by atoms with Crippen molar-refractivity contribution in [3.63, 3.8) is 0 Å². The first kappa shape index (κ1) is 15.0. The van der Waals surface area contributed by atoms with E-state index in [2.05, 4.69) is 26.1 Å². The topological polar surface area (TPSA) is 70.7 Å². The molecule has 1 N–H and O–H groups in total. The van der Waals surface area contributed by atoms with Crippen LogP contribution in [0.3, 0.4) is 0 Å². The van der Waals surface area contributed by atoms with Crippen LogP contribution in [0.5, 0.6) is 0 Å². The number of alkyl halides is 2. The number of hydrogen-bond donors (Lipinski definition) is 1. The lowest BCUT2D eigenvalue weighted by atomic mass is 10.1. The molecule has 1 atom stereocenters. The second-order valence-corrected chi connectivity index (χ2v) is 5.47. The first-order valence-corrected chi connectivity index (χ1v) is 6.56. The summed E-state index contributed by atoms with van der Waals surface area (Å²) in [6.45, 7) is 3.14. The predicted octanol–water partition coefficient (Wildman–Crippen LogP) is 1.67. The summed E-state index contributed by atoms with van der Waals surface area (Å²) < 4.78 is 27.8. The fourth-order valence-electron chi connectivity index (χ4n) is 2.10. The van der Waals surface area contributed by atoms with Gasteiger partial charge in [-0.15, -0.1) is 0 Å². The zero-order chi connectivity index (χ0) is 15.2. The van der Waals surface area contributed by atoms with E-state index < -0.39 is 18.1 Å². The summed E-state index contributed by atoms with van der Waals surface area (Å²) in [4.78, 5) is 12.4. The molecule has 0 unspecified atom stereocenters. The molecule has 1 aromatic rings. The molecule has 20 heavy (non-hydrogen) atoms. The lowest BCUT2D eigenvalue weighted by molar-refractivity contribution is -0.164. The Kier molecular flexibility index (Phi) is 3.67. The van der Waals surface area contributed by atoms with Crippen molar-refractivity contribution in [3.05, 3.63) is 15.9 Å². The molecular weight excluding hydrogens is 338 g/mol. The van der Waals surface area contributed by atoms with Gasteiger partial charge in [-0.3, -0.25) is 9.48 Å². The van der Waals surface area contributed by atoms with Crippen LogP contribution < -0.4 is 0 Å². The fraction of sp³-hybridized carbons (Fsp3) is 0.545. The number of carbonyl (C=O) groups is 1. The summed E-state index contributed by atoms with van der Waals surface area (Å²) in [6.07, 6.45) is -3.51. The molecule has 2 rings (SSSR count). The molecule has 0 fully saturated rings. The number of halogens is 3. The molecule has 6 nitrogen and oxygen atoms in total. The van der Waals surface area contributed by atoms with Gasteiger partial charge in [0.05, 0.1) is 10.2 Å². The van der Waals surface area contributed by atoms with Crippen LogP contribution in [0, 0.1) is 6.92 Å². The van der Waals surface area contributed by atoms with Crippen LogP contribution in [0.25, 0.3) is 0 Å². The van der Waals surface area contributed by atoms with Crippen LogP contribution in [-0.2, 0) is 7.05 Å². The van der Waals surface area contributed by atoms with Gasteiger partial charge in [-0.25, -0.2) is 8.78 Å². The summed E-state index contributed by atoms with van der Waals surface area (Å²) in [5.74, 6) is -0.834. The van der Waals surface area contributed by atoms with Crippen molar-refractivity contribution >= 4 is 27.5 Å². The molecule has 0 saturated heterocycles. The second kappa shape index (κ2) is 4.88. The van der Waals surface area contributed by atoms with E-state index in [9.17, 15) is 18.7 Å². The quantitative estimate of drug-likeness (QED) is 0.881. The number of rotatable bonds is 2. The van der Waals surface area contributed by atoms with E-state index >= 15 is 0 Å². The number of hydrogen-bond acceptors (Lipinski definition) is 4. The van der Waals surface area contributed by atoms with Crippen LogP contribution in [-0.4, -0.2) is 43.7 Å². The minimum atomic E-state index is -3.12. The highest BCUT2D eigenvalue weighted by Gasteiger charge is 2.51. The number of hydrazone groups is 1. The summed E-state index contributed by atoms with van der Waals surface area (Å²) >= 11 is 3.19. The Labute approximate surface area is 122 Å². The molecular formula is C11H13BrF2N4O2. The van der Waals surface area contributed by atoms with Gasteiger partial charge in [0.15, 0.2) is 0 Å². The van der Waals surface area contributed by atoms with Gasteiger partial charge in [0.1, 0.15) is 5.69 Å². The van der Waals surface area contributed by atoms with Gasteiger partial charge in [0.25, 0.3) is 12.3 Å². The number of amides is 1. The maximum atomic E-state index is 13.1. The standard InChI is InChI=1S/C11H13BrF2N4O2/c1-5-4-11(20,10(13)14)18(15-5)9(19)8-7(12)6(2)16-17(8)3/h10,20H,4H2,1-3H3/t11-/m1/s1. The van der Waals surface area contributed by atoms with Gasteiger partial charge < -0.3 is 5.11 Å². The molecule has 110 valence electrons. The normalized spacial score (nSPS) is 22.6. The highest BCUT2D eigenvalue weighted by atomic mass is 79.9. The average Bonchev–Trinajstić information content (AvgIpc) is 2.77. The van der Waals surface area contributed by atoms with Crippen molar-refractivity contribution in [2.24, 2.45) is 12.1 Å². The van der Waals surface area contributed by atoms with Crippen molar-refractivity contribution in [2.75, 3.05) is 0 Å². The van der Waals surface area contributed by atoms with Crippen LogP contribution >= 0.6 is 15.9 Å². The number of aromatic nitrogens is 2. The van der Waals surface area contributed by atoms with E-state index in [-0.39, 0.29) is 17.8 Å². The minimum Gasteiger partial charge on any atom is -0.364 e. The third kappa shape index (κ3) is 2.14. The average molecular weight is 351 g/mol. The van der Waals surface area contributed by atoms with Gasteiger partial charge in [0, 0.05) is 19.2 Å². The van der Waals surface area contributed by atoms with Gasteiger partial charge in [-0.05, 0) is 29.8 Å². The number of aryl methyl sites for hydroxylation is 2. The molecule has 0 bridgehead atoms. The molecule has 0 aliphatic carbocycles. The first-order chi connectivity index (χ1) is 9.18. The van der Waals surface area contributed by atoms with Gasteiger partial charge in [0.2, 0.25) is 5.72 Å². The lowest BCUT2D eigenvalue weighted by Crippen LogP contribution is -2.51. The summed E-state index contributed by atoms with van der Waals surface area (Å²) in [6, 6.07) is 0. The Bertz CT molecular complexity index is 601. The molecule has 0 radical (unpaired) electrons. The van der Waals surface area contributed by atoms with Gasteiger partial charge >= 0.3 is 0 Å². The number of carbonyl (C=O) groups excluding carboxylic acids is 1. The van der Waals surface area contributed by atoms with Crippen LogP contribution in [0.15, 0.2) is 9.57 Å². The Morgan fingerprint density at radius 3 is 2.55 bits per heavy atom. The summed E-state index contributed by atoms with van der Waals surface area (Å²) in [7, 11) is 1.51. The summed E-state index contributed by atoms with van der Waals surface area (Å²) in [5, 5.41) is 18.2. The second-order valence-electron chi connectivity index (χ2n) is 4.68. The van der Waals surface area contributed by atoms with E-state index in [1.807, 2.05) is 0 Å². The number of aliphatic hydroxyl groups is 1. The zero-order valence-electron chi connectivity index (χ0n) is 11.1. The van der Waals surface area contributed by atoms with E-state index in [4.69, 9.17) is 0 Å². The highest BCUT2D eigenvalue weighted by molar-refractivity contribution is 9.10. The molecule has 1 aliphatic rings. The molecule has 0 spiro atoms. The number of nitrogens with zero attached hydrogens (tertiary/aromatic N) is 4. The highest BCUT2D eigenvalue weighted by Crippen LogP contribution is 2.34. The first-order valence-electron chi connectivity index (χ1n) is 5.76. The molecule has 2 heterocycles. The monoisotopic (exact) mass is 350 g/mol. The third-order valence-electron chi connectivity index (χ3n) is 3.05. The Hall–Kier alpha value is -1.35. The smallest absolute Gasteiger partial charge is 0.296 e. The van der Waals surface area contributed by atoms with Crippen molar-refractivity contribution in [3.8, 4) is 0 Å².